The quantitative estimate of drug-likeness (QED) is 0.887. The molecule has 0 aliphatic rings. The van der Waals surface area contributed by atoms with Gasteiger partial charge >= 0.3 is 0 Å². The molecule has 0 spiro atoms. The van der Waals surface area contributed by atoms with E-state index in [0.717, 1.165) is 11.1 Å². The van der Waals surface area contributed by atoms with Crippen molar-refractivity contribution in [3.63, 3.8) is 0 Å². The van der Waals surface area contributed by atoms with Crippen LogP contribution < -0.4 is 15.2 Å². The molecule has 2 aromatic carbocycles. The zero-order chi connectivity index (χ0) is 15.4. The number of hydrogen-bond acceptors (Lipinski definition) is 3. The van der Waals surface area contributed by atoms with Crippen molar-refractivity contribution < 1.29 is 13.9 Å². The molecule has 0 fully saturated rings. The van der Waals surface area contributed by atoms with Gasteiger partial charge < -0.3 is 15.2 Å². The predicted octanol–water partition coefficient (Wildman–Crippen LogP) is 3.85. The molecular formula is C16H17BrFNO2. The highest BCUT2D eigenvalue weighted by atomic mass is 79.9. The molecule has 112 valence electrons. The summed E-state index contributed by atoms with van der Waals surface area (Å²) in [4.78, 5) is 0. The van der Waals surface area contributed by atoms with Gasteiger partial charge in [-0.15, -0.1) is 0 Å². The van der Waals surface area contributed by atoms with Crippen molar-refractivity contribution in [3.05, 3.63) is 57.8 Å². The van der Waals surface area contributed by atoms with Gasteiger partial charge in [-0.3, -0.25) is 0 Å². The third-order valence-corrected chi connectivity index (χ3v) is 3.95. The third-order valence-electron chi connectivity index (χ3n) is 3.27. The van der Waals surface area contributed by atoms with Crippen LogP contribution in [0.2, 0.25) is 0 Å². The number of halogens is 2. The van der Waals surface area contributed by atoms with E-state index in [-0.39, 0.29) is 11.9 Å². The monoisotopic (exact) mass is 353 g/mol. The standard InChI is InChI=1S/C16H17BrFNO2/c1-20-15-6-3-10(8-16(15)21-2)7-14(19)12-5-4-11(18)9-13(12)17/h3-6,8-9,14H,7,19H2,1-2H3. The van der Waals surface area contributed by atoms with E-state index in [1.807, 2.05) is 18.2 Å². The Hall–Kier alpha value is -1.59. The summed E-state index contributed by atoms with van der Waals surface area (Å²) < 4.78 is 24.3. The molecule has 2 rings (SSSR count). The number of methoxy groups -OCH3 is 2. The smallest absolute Gasteiger partial charge is 0.160 e. The second-order valence-electron chi connectivity index (χ2n) is 4.67. The summed E-state index contributed by atoms with van der Waals surface area (Å²) in [6.45, 7) is 0. The number of hydrogen-bond donors (Lipinski definition) is 1. The molecule has 0 bridgehead atoms. The SMILES string of the molecule is COc1ccc(CC(N)c2ccc(F)cc2Br)cc1OC. The summed E-state index contributed by atoms with van der Waals surface area (Å²) in [6.07, 6.45) is 0.616. The minimum absolute atomic E-state index is 0.238. The summed E-state index contributed by atoms with van der Waals surface area (Å²) in [7, 11) is 3.19. The van der Waals surface area contributed by atoms with Crippen molar-refractivity contribution in [2.24, 2.45) is 5.73 Å². The lowest BCUT2D eigenvalue weighted by Gasteiger charge is -2.15. The van der Waals surface area contributed by atoms with E-state index >= 15 is 0 Å². The summed E-state index contributed by atoms with van der Waals surface area (Å²) in [5, 5.41) is 0. The maximum Gasteiger partial charge on any atom is 0.160 e. The molecule has 0 saturated carbocycles. The van der Waals surface area contributed by atoms with Gasteiger partial charge in [-0.2, -0.15) is 0 Å². The highest BCUT2D eigenvalue weighted by Crippen LogP contribution is 2.30. The van der Waals surface area contributed by atoms with Gasteiger partial charge in [-0.25, -0.2) is 4.39 Å². The van der Waals surface area contributed by atoms with Gasteiger partial charge in [0.15, 0.2) is 11.5 Å². The van der Waals surface area contributed by atoms with Gasteiger partial charge in [0.05, 0.1) is 14.2 Å². The third kappa shape index (κ3) is 3.74. The summed E-state index contributed by atoms with van der Waals surface area (Å²) in [5.74, 6) is 1.06. The van der Waals surface area contributed by atoms with Crippen LogP contribution in [-0.4, -0.2) is 14.2 Å². The van der Waals surface area contributed by atoms with E-state index in [2.05, 4.69) is 15.9 Å². The van der Waals surface area contributed by atoms with Crippen molar-refractivity contribution in [2.75, 3.05) is 14.2 Å². The maximum atomic E-state index is 13.1. The van der Waals surface area contributed by atoms with Crippen molar-refractivity contribution in [1.82, 2.24) is 0 Å². The fourth-order valence-electron chi connectivity index (χ4n) is 2.17. The largest absolute Gasteiger partial charge is 0.493 e. The molecule has 0 aromatic heterocycles. The van der Waals surface area contributed by atoms with Gasteiger partial charge in [0.2, 0.25) is 0 Å². The van der Waals surface area contributed by atoms with Gasteiger partial charge in [0.25, 0.3) is 0 Å². The highest BCUT2D eigenvalue weighted by Gasteiger charge is 2.13. The first-order valence-corrected chi connectivity index (χ1v) is 7.26. The molecule has 3 nitrogen and oxygen atoms in total. The highest BCUT2D eigenvalue weighted by molar-refractivity contribution is 9.10. The normalized spacial score (nSPS) is 12.0. The van der Waals surface area contributed by atoms with E-state index < -0.39 is 0 Å². The van der Waals surface area contributed by atoms with Crippen molar-refractivity contribution in [1.29, 1.82) is 0 Å². The molecule has 1 unspecified atom stereocenters. The van der Waals surface area contributed by atoms with Crippen LogP contribution in [0.4, 0.5) is 4.39 Å². The molecule has 0 aliphatic heterocycles. The van der Waals surface area contributed by atoms with Crippen LogP contribution in [0.15, 0.2) is 40.9 Å². The lowest BCUT2D eigenvalue weighted by atomic mass is 9.99. The molecule has 1 atom stereocenters. The predicted molar refractivity (Wildman–Crippen MR) is 84.3 cm³/mol. The van der Waals surface area contributed by atoms with Crippen LogP contribution in [0, 0.1) is 5.82 Å². The Bertz CT molecular complexity index is 634. The van der Waals surface area contributed by atoms with Crippen molar-refractivity contribution in [3.8, 4) is 11.5 Å². The van der Waals surface area contributed by atoms with Crippen LogP contribution in [0.1, 0.15) is 17.2 Å². The molecule has 0 heterocycles. The fraction of sp³-hybridized carbons (Fsp3) is 0.250. The Labute approximate surface area is 132 Å². The van der Waals surface area contributed by atoms with E-state index in [1.165, 1.54) is 12.1 Å². The van der Waals surface area contributed by atoms with Gasteiger partial charge in [-0.05, 0) is 41.8 Å². The fourth-order valence-corrected chi connectivity index (χ4v) is 2.82. The zero-order valence-corrected chi connectivity index (χ0v) is 13.5. The molecule has 0 aliphatic carbocycles. The van der Waals surface area contributed by atoms with Gasteiger partial charge in [-0.1, -0.05) is 28.1 Å². The van der Waals surface area contributed by atoms with Crippen LogP contribution in [-0.2, 0) is 6.42 Å². The molecule has 5 heteroatoms. The Kier molecular flexibility index (Phi) is 5.20. The molecular weight excluding hydrogens is 337 g/mol. The second kappa shape index (κ2) is 6.91. The number of nitrogens with two attached hydrogens (primary N) is 1. The molecule has 0 radical (unpaired) electrons. The van der Waals surface area contributed by atoms with Crippen molar-refractivity contribution in [2.45, 2.75) is 12.5 Å². The Morgan fingerprint density at radius 3 is 2.43 bits per heavy atom. The molecule has 2 N–H and O–H groups in total. The number of benzene rings is 2. The van der Waals surface area contributed by atoms with Crippen LogP contribution in [0.3, 0.4) is 0 Å². The van der Waals surface area contributed by atoms with E-state index in [4.69, 9.17) is 15.2 Å². The molecule has 0 saturated heterocycles. The minimum Gasteiger partial charge on any atom is -0.493 e. The minimum atomic E-state index is -0.288. The first kappa shape index (κ1) is 15.8. The average Bonchev–Trinajstić information content (AvgIpc) is 2.46. The summed E-state index contributed by atoms with van der Waals surface area (Å²) in [6, 6.07) is 9.98. The van der Waals surface area contributed by atoms with E-state index in [0.29, 0.717) is 22.4 Å². The molecule has 2 aromatic rings. The Morgan fingerprint density at radius 1 is 1.10 bits per heavy atom. The average molecular weight is 354 g/mol. The van der Waals surface area contributed by atoms with Crippen LogP contribution in [0.25, 0.3) is 0 Å². The van der Waals surface area contributed by atoms with Crippen LogP contribution >= 0.6 is 15.9 Å². The van der Waals surface area contributed by atoms with Crippen molar-refractivity contribution >= 4 is 15.9 Å². The molecule has 21 heavy (non-hydrogen) atoms. The second-order valence-corrected chi connectivity index (χ2v) is 5.52. The number of ether oxygens (including phenoxy) is 2. The number of rotatable bonds is 5. The van der Waals surface area contributed by atoms with E-state index in [9.17, 15) is 4.39 Å². The van der Waals surface area contributed by atoms with E-state index in [1.54, 1.807) is 20.3 Å². The van der Waals surface area contributed by atoms with Crippen LogP contribution in [0.5, 0.6) is 11.5 Å². The molecule has 0 amide bonds. The van der Waals surface area contributed by atoms with Gasteiger partial charge in [0, 0.05) is 10.5 Å². The topological polar surface area (TPSA) is 44.5 Å². The zero-order valence-electron chi connectivity index (χ0n) is 11.9. The first-order valence-electron chi connectivity index (χ1n) is 6.46. The maximum absolute atomic E-state index is 13.1. The lowest BCUT2D eigenvalue weighted by Crippen LogP contribution is -2.14. The lowest BCUT2D eigenvalue weighted by molar-refractivity contribution is 0.354. The summed E-state index contributed by atoms with van der Waals surface area (Å²) >= 11 is 3.35. The first-order chi connectivity index (χ1) is 10.0. The Balaban J connectivity index is 2.21. The summed E-state index contributed by atoms with van der Waals surface area (Å²) in [5.41, 5.74) is 8.11. The Morgan fingerprint density at radius 2 is 1.81 bits per heavy atom. The van der Waals surface area contributed by atoms with Gasteiger partial charge in [0.1, 0.15) is 5.82 Å².